The molecule has 0 aromatic carbocycles. The highest BCUT2D eigenvalue weighted by molar-refractivity contribution is 7.09. The zero-order valence-corrected chi connectivity index (χ0v) is 13.5. The Hall–Kier alpha value is -2.47. The maximum absolute atomic E-state index is 12.7. The number of halogens is 3. The first-order valence-corrected chi connectivity index (χ1v) is 8.19. The van der Waals surface area contributed by atoms with Crippen molar-refractivity contribution >= 4 is 11.3 Å². The van der Waals surface area contributed by atoms with E-state index in [0.717, 1.165) is 5.01 Å². The molecule has 3 aromatic heterocycles. The van der Waals surface area contributed by atoms with Gasteiger partial charge in [-0.25, -0.2) is 15.0 Å². The third kappa shape index (κ3) is 3.35. The van der Waals surface area contributed by atoms with E-state index in [1.165, 1.54) is 17.5 Å². The lowest BCUT2D eigenvalue weighted by Gasteiger charge is -2.27. The van der Waals surface area contributed by atoms with E-state index in [1.807, 2.05) is 5.38 Å². The number of hydrogen-bond donors (Lipinski definition) is 1. The van der Waals surface area contributed by atoms with Gasteiger partial charge in [0.15, 0.2) is 0 Å². The maximum atomic E-state index is 12.7. The Balaban J connectivity index is 1.46. The molecule has 8 nitrogen and oxygen atoms in total. The largest absolute Gasteiger partial charge is 0.451 e. The van der Waals surface area contributed by atoms with Crippen LogP contribution in [0.25, 0.3) is 11.5 Å². The molecule has 12 heteroatoms. The molecular formula is C13H11F3N8S. The lowest BCUT2D eigenvalue weighted by Crippen LogP contribution is -2.31. The van der Waals surface area contributed by atoms with Gasteiger partial charge in [-0.3, -0.25) is 4.90 Å². The number of hydrogen-bond acceptors (Lipinski definition) is 8. The Kier molecular flexibility index (Phi) is 3.92. The molecule has 0 aliphatic carbocycles. The highest BCUT2D eigenvalue weighted by Gasteiger charge is 2.35. The molecule has 1 N–H and O–H groups in total. The molecule has 1 aliphatic heterocycles. The highest BCUT2D eigenvalue weighted by Crippen LogP contribution is 2.28. The van der Waals surface area contributed by atoms with E-state index in [-0.39, 0.29) is 0 Å². The third-order valence-electron chi connectivity index (χ3n) is 3.75. The quantitative estimate of drug-likeness (QED) is 0.751. The van der Waals surface area contributed by atoms with Crippen molar-refractivity contribution in [3.63, 3.8) is 0 Å². The van der Waals surface area contributed by atoms with Crippen molar-refractivity contribution in [1.29, 1.82) is 0 Å². The summed E-state index contributed by atoms with van der Waals surface area (Å²) < 4.78 is 38.0. The SMILES string of the molecule is FC(F)(F)c1ncc2c(n1)CCN(Cc1nc(-c3nn[nH]n3)cs1)C2. The molecule has 0 unspecified atom stereocenters. The monoisotopic (exact) mass is 368 g/mol. The first kappa shape index (κ1) is 16.0. The smallest absolute Gasteiger partial charge is 0.292 e. The molecule has 25 heavy (non-hydrogen) atoms. The molecule has 0 amide bonds. The van der Waals surface area contributed by atoms with Gasteiger partial charge in [-0.15, -0.1) is 21.5 Å². The summed E-state index contributed by atoms with van der Waals surface area (Å²) in [5.41, 5.74) is 1.82. The Bertz CT molecular complexity index is 876. The van der Waals surface area contributed by atoms with Crippen molar-refractivity contribution in [2.24, 2.45) is 0 Å². The fourth-order valence-electron chi connectivity index (χ4n) is 2.59. The van der Waals surface area contributed by atoms with E-state index >= 15 is 0 Å². The molecule has 0 radical (unpaired) electrons. The van der Waals surface area contributed by atoms with Crippen molar-refractivity contribution in [3.05, 3.63) is 33.7 Å². The van der Waals surface area contributed by atoms with Crippen LogP contribution < -0.4 is 0 Å². The summed E-state index contributed by atoms with van der Waals surface area (Å²) in [6.45, 7) is 1.69. The summed E-state index contributed by atoms with van der Waals surface area (Å²) in [6.07, 6.45) is -2.80. The minimum Gasteiger partial charge on any atom is -0.292 e. The maximum Gasteiger partial charge on any atom is 0.451 e. The molecule has 0 saturated carbocycles. The van der Waals surface area contributed by atoms with Gasteiger partial charge in [-0.2, -0.15) is 18.4 Å². The van der Waals surface area contributed by atoms with E-state index in [4.69, 9.17) is 0 Å². The molecule has 130 valence electrons. The Morgan fingerprint density at radius 3 is 2.92 bits per heavy atom. The predicted molar refractivity (Wildman–Crippen MR) is 80.1 cm³/mol. The number of tetrazole rings is 1. The Labute approximate surface area is 143 Å². The summed E-state index contributed by atoms with van der Waals surface area (Å²) >= 11 is 1.47. The van der Waals surface area contributed by atoms with E-state index in [0.29, 0.717) is 48.8 Å². The molecular weight excluding hydrogens is 357 g/mol. The van der Waals surface area contributed by atoms with Crippen molar-refractivity contribution in [1.82, 2.24) is 40.5 Å². The van der Waals surface area contributed by atoms with Crippen molar-refractivity contribution in [2.75, 3.05) is 6.54 Å². The van der Waals surface area contributed by atoms with Crippen molar-refractivity contribution in [3.8, 4) is 11.5 Å². The molecule has 4 heterocycles. The Morgan fingerprint density at radius 2 is 2.16 bits per heavy atom. The zero-order chi connectivity index (χ0) is 17.4. The normalized spacial score (nSPS) is 15.3. The van der Waals surface area contributed by atoms with Crippen LogP contribution in [0.5, 0.6) is 0 Å². The first-order chi connectivity index (χ1) is 12.0. The van der Waals surface area contributed by atoms with Crippen LogP contribution in [0.3, 0.4) is 0 Å². The number of fused-ring (bicyclic) bond motifs is 1. The number of alkyl halides is 3. The molecule has 0 atom stereocenters. The van der Waals surface area contributed by atoms with Crippen LogP contribution in [0.15, 0.2) is 11.6 Å². The average molecular weight is 368 g/mol. The van der Waals surface area contributed by atoms with Crippen LogP contribution in [0.2, 0.25) is 0 Å². The van der Waals surface area contributed by atoms with Gasteiger partial charge in [0.2, 0.25) is 11.6 Å². The third-order valence-corrected chi connectivity index (χ3v) is 4.59. The second-order valence-corrected chi connectivity index (χ2v) is 6.43. The fraction of sp³-hybridized carbons (Fsp3) is 0.385. The summed E-state index contributed by atoms with van der Waals surface area (Å²) in [7, 11) is 0. The lowest BCUT2D eigenvalue weighted by atomic mass is 10.1. The van der Waals surface area contributed by atoms with E-state index in [9.17, 15) is 13.2 Å². The van der Waals surface area contributed by atoms with Crippen LogP contribution in [0.4, 0.5) is 13.2 Å². The molecule has 0 saturated heterocycles. The van der Waals surface area contributed by atoms with Crippen LogP contribution in [-0.4, -0.2) is 47.0 Å². The number of aromatic nitrogens is 7. The summed E-state index contributed by atoms with van der Waals surface area (Å²) in [5.74, 6) is -0.649. The lowest BCUT2D eigenvalue weighted by molar-refractivity contribution is -0.145. The standard InChI is InChI=1S/C13H11F3N8S/c14-13(15,16)12-17-3-7-4-24(2-1-8(7)19-12)5-10-18-9(6-25-10)11-20-22-23-21-11/h3,6H,1-2,4-5H2,(H,20,21,22,23). The fourth-order valence-corrected chi connectivity index (χ4v) is 3.41. The average Bonchev–Trinajstić information content (AvgIpc) is 3.24. The van der Waals surface area contributed by atoms with Gasteiger partial charge in [0.25, 0.3) is 0 Å². The van der Waals surface area contributed by atoms with Gasteiger partial charge in [0.05, 0.1) is 12.2 Å². The van der Waals surface area contributed by atoms with Crippen LogP contribution in [-0.2, 0) is 25.7 Å². The second kappa shape index (κ2) is 6.11. The topological polar surface area (TPSA) is 96.4 Å². The minimum atomic E-state index is -4.52. The minimum absolute atomic E-state index is 0.430. The van der Waals surface area contributed by atoms with Crippen molar-refractivity contribution in [2.45, 2.75) is 25.7 Å². The van der Waals surface area contributed by atoms with Gasteiger partial charge in [0, 0.05) is 36.7 Å². The number of nitrogens with zero attached hydrogens (tertiary/aromatic N) is 7. The second-order valence-electron chi connectivity index (χ2n) is 5.49. The first-order valence-electron chi connectivity index (χ1n) is 7.31. The molecule has 4 rings (SSSR count). The van der Waals surface area contributed by atoms with Gasteiger partial charge in [-0.1, -0.05) is 0 Å². The zero-order valence-electron chi connectivity index (χ0n) is 12.7. The van der Waals surface area contributed by atoms with Crippen LogP contribution >= 0.6 is 11.3 Å². The van der Waals surface area contributed by atoms with E-state index in [1.54, 1.807) is 0 Å². The summed E-state index contributed by atoms with van der Waals surface area (Å²) in [5, 5.41) is 16.3. The Morgan fingerprint density at radius 1 is 1.28 bits per heavy atom. The van der Waals surface area contributed by atoms with Crippen molar-refractivity contribution < 1.29 is 13.2 Å². The molecule has 0 bridgehead atoms. The predicted octanol–water partition coefficient (Wildman–Crippen LogP) is 1.69. The summed E-state index contributed by atoms with van der Waals surface area (Å²) in [4.78, 5) is 13.7. The number of aromatic amines is 1. The molecule has 0 spiro atoms. The molecule has 0 fully saturated rings. The van der Waals surface area contributed by atoms with Gasteiger partial charge in [-0.05, 0) is 5.21 Å². The van der Waals surface area contributed by atoms with E-state index in [2.05, 4.69) is 40.5 Å². The number of H-pyrrole nitrogens is 1. The molecule has 3 aromatic rings. The van der Waals surface area contributed by atoms with Gasteiger partial charge < -0.3 is 0 Å². The number of nitrogens with one attached hydrogen (secondary N) is 1. The summed E-state index contributed by atoms with van der Waals surface area (Å²) in [6, 6.07) is 0. The van der Waals surface area contributed by atoms with E-state index < -0.39 is 12.0 Å². The van der Waals surface area contributed by atoms with Crippen LogP contribution in [0.1, 0.15) is 22.1 Å². The highest BCUT2D eigenvalue weighted by atomic mass is 32.1. The number of thiazole rings is 1. The van der Waals surface area contributed by atoms with Crippen LogP contribution in [0, 0.1) is 0 Å². The molecule has 1 aliphatic rings. The van der Waals surface area contributed by atoms with Gasteiger partial charge in [0.1, 0.15) is 10.7 Å². The van der Waals surface area contributed by atoms with Gasteiger partial charge >= 0.3 is 6.18 Å². The number of rotatable bonds is 3.